The zero-order valence-electron chi connectivity index (χ0n) is 13.6. The third kappa shape index (κ3) is 2.66. The Morgan fingerprint density at radius 2 is 1.76 bits per heavy atom. The smallest absolute Gasteiger partial charge is 0.0503 e. The van der Waals surface area contributed by atoms with E-state index in [-0.39, 0.29) is 0 Å². The average molecular weight is 292 g/mol. The molecule has 4 bridgehead atoms. The highest BCUT2D eigenvalue weighted by atomic mass is 16.5. The van der Waals surface area contributed by atoms with E-state index in [4.69, 9.17) is 10.5 Å². The molecule has 3 heteroatoms. The number of likely N-dealkylation sites (tertiary alicyclic amines) is 1. The van der Waals surface area contributed by atoms with E-state index in [1.807, 2.05) is 7.11 Å². The summed E-state index contributed by atoms with van der Waals surface area (Å²) < 4.78 is 5.32. The maximum absolute atomic E-state index is 6.80. The van der Waals surface area contributed by atoms with Crippen LogP contribution in [0.25, 0.3) is 0 Å². The van der Waals surface area contributed by atoms with Gasteiger partial charge in [-0.15, -0.1) is 0 Å². The highest BCUT2D eigenvalue weighted by Crippen LogP contribution is 2.61. The number of hydrogen-bond donors (Lipinski definition) is 1. The van der Waals surface area contributed by atoms with Crippen molar-refractivity contribution in [2.45, 2.75) is 51.0 Å². The summed E-state index contributed by atoms with van der Waals surface area (Å²) in [7, 11) is 1.82. The van der Waals surface area contributed by atoms with Crippen LogP contribution < -0.4 is 5.73 Å². The molecule has 5 aliphatic rings. The SMILES string of the molecule is COCC1CCN(CC(N)C23CC4CC(CC(C4)C2)C3)C1. The first-order chi connectivity index (χ1) is 10.2. The molecule has 0 spiro atoms. The molecule has 1 aliphatic heterocycles. The molecule has 0 aromatic carbocycles. The van der Waals surface area contributed by atoms with Gasteiger partial charge in [0.15, 0.2) is 0 Å². The predicted octanol–water partition coefficient (Wildman–Crippen LogP) is 2.50. The first-order valence-corrected chi connectivity index (χ1v) is 9.14. The van der Waals surface area contributed by atoms with Crippen molar-refractivity contribution in [3.05, 3.63) is 0 Å². The zero-order chi connectivity index (χ0) is 14.4. The van der Waals surface area contributed by atoms with Gasteiger partial charge in [-0.05, 0) is 80.6 Å². The second-order valence-electron chi connectivity index (χ2n) is 8.76. The van der Waals surface area contributed by atoms with Crippen LogP contribution in [0.4, 0.5) is 0 Å². The number of ether oxygens (including phenoxy) is 1. The normalized spacial score (nSPS) is 47.1. The highest BCUT2D eigenvalue weighted by Gasteiger charge is 2.53. The van der Waals surface area contributed by atoms with Crippen LogP contribution in [0.15, 0.2) is 0 Å². The fourth-order valence-corrected chi connectivity index (χ4v) is 6.55. The van der Waals surface area contributed by atoms with Gasteiger partial charge in [-0.3, -0.25) is 0 Å². The molecule has 4 saturated carbocycles. The maximum Gasteiger partial charge on any atom is 0.0503 e. The Hall–Kier alpha value is -0.120. The fourth-order valence-electron chi connectivity index (χ4n) is 6.55. The number of nitrogens with two attached hydrogens (primary N) is 1. The van der Waals surface area contributed by atoms with Crippen molar-refractivity contribution in [3.63, 3.8) is 0 Å². The van der Waals surface area contributed by atoms with Crippen LogP contribution in [-0.4, -0.2) is 44.3 Å². The van der Waals surface area contributed by atoms with E-state index >= 15 is 0 Å². The van der Waals surface area contributed by atoms with E-state index in [0.717, 1.165) is 36.8 Å². The van der Waals surface area contributed by atoms with Gasteiger partial charge in [0.1, 0.15) is 0 Å². The van der Waals surface area contributed by atoms with Gasteiger partial charge in [-0.2, -0.15) is 0 Å². The highest BCUT2D eigenvalue weighted by molar-refractivity contribution is 5.06. The third-order valence-corrected chi connectivity index (χ3v) is 7.10. The van der Waals surface area contributed by atoms with Gasteiger partial charge >= 0.3 is 0 Å². The van der Waals surface area contributed by atoms with Gasteiger partial charge in [0.05, 0.1) is 6.61 Å². The molecular weight excluding hydrogens is 260 g/mol. The van der Waals surface area contributed by atoms with Crippen molar-refractivity contribution in [2.24, 2.45) is 34.8 Å². The van der Waals surface area contributed by atoms with E-state index in [9.17, 15) is 0 Å². The summed E-state index contributed by atoms with van der Waals surface area (Å²) in [4.78, 5) is 2.62. The Labute approximate surface area is 129 Å². The first kappa shape index (κ1) is 14.5. The Bertz CT molecular complexity index is 348. The molecule has 2 unspecified atom stereocenters. The van der Waals surface area contributed by atoms with Crippen LogP contribution in [0.1, 0.15) is 44.9 Å². The molecule has 3 nitrogen and oxygen atoms in total. The summed E-state index contributed by atoms with van der Waals surface area (Å²) in [6.07, 6.45) is 10.2. The van der Waals surface area contributed by atoms with E-state index in [2.05, 4.69) is 4.90 Å². The third-order valence-electron chi connectivity index (χ3n) is 7.10. The summed E-state index contributed by atoms with van der Waals surface area (Å²) >= 11 is 0. The van der Waals surface area contributed by atoms with Gasteiger partial charge in [-0.1, -0.05) is 0 Å². The van der Waals surface area contributed by atoms with Gasteiger partial charge in [0, 0.05) is 26.2 Å². The molecular formula is C18H32N2O. The summed E-state index contributed by atoms with van der Waals surface area (Å²) in [6, 6.07) is 0.409. The summed E-state index contributed by atoms with van der Waals surface area (Å²) in [5.41, 5.74) is 7.31. The van der Waals surface area contributed by atoms with Crippen LogP contribution >= 0.6 is 0 Å². The minimum absolute atomic E-state index is 0.409. The molecule has 0 aromatic rings. The standard InChI is InChI=1S/C18H32N2O/c1-21-12-13-2-3-20(10-13)11-17(19)18-7-14-4-15(8-18)6-16(5-14)9-18/h13-17H,2-12,19H2,1H3. The molecule has 120 valence electrons. The van der Waals surface area contributed by atoms with Crippen LogP contribution in [-0.2, 0) is 4.74 Å². The largest absolute Gasteiger partial charge is 0.384 e. The number of hydrogen-bond acceptors (Lipinski definition) is 3. The second-order valence-corrected chi connectivity index (χ2v) is 8.76. The Morgan fingerprint density at radius 1 is 1.14 bits per heavy atom. The van der Waals surface area contributed by atoms with Crippen molar-refractivity contribution in [1.29, 1.82) is 0 Å². The zero-order valence-corrected chi connectivity index (χ0v) is 13.6. The van der Waals surface area contributed by atoms with Crippen LogP contribution in [0, 0.1) is 29.1 Å². The van der Waals surface area contributed by atoms with Gasteiger partial charge in [0.2, 0.25) is 0 Å². The fraction of sp³-hybridized carbons (Fsp3) is 1.00. The average Bonchev–Trinajstić information content (AvgIpc) is 2.85. The lowest BCUT2D eigenvalue weighted by atomic mass is 9.48. The predicted molar refractivity (Wildman–Crippen MR) is 85.0 cm³/mol. The van der Waals surface area contributed by atoms with Crippen molar-refractivity contribution < 1.29 is 4.74 Å². The topological polar surface area (TPSA) is 38.5 Å². The van der Waals surface area contributed by atoms with E-state index < -0.39 is 0 Å². The summed E-state index contributed by atoms with van der Waals surface area (Å²) in [5, 5.41) is 0. The Balaban J connectivity index is 1.38. The molecule has 5 rings (SSSR count). The lowest BCUT2D eigenvalue weighted by molar-refractivity contribution is -0.0708. The molecule has 2 N–H and O–H groups in total. The number of methoxy groups -OCH3 is 1. The summed E-state index contributed by atoms with van der Waals surface area (Å²) in [5.74, 6) is 3.78. The Morgan fingerprint density at radius 3 is 2.33 bits per heavy atom. The van der Waals surface area contributed by atoms with Gasteiger partial charge in [0.25, 0.3) is 0 Å². The number of nitrogens with zero attached hydrogens (tertiary/aromatic N) is 1. The lowest BCUT2D eigenvalue weighted by Crippen LogP contribution is -2.57. The monoisotopic (exact) mass is 292 g/mol. The minimum Gasteiger partial charge on any atom is -0.384 e. The van der Waals surface area contributed by atoms with E-state index in [1.54, 1.807) is 0 Å². The molecule has 21 heavy (non-hydrogen) atoms. The minimum atomic E-state index is 0.409. The molecule has 1 saturated heterocycles. The van der Waals surface area contributed by atoms with E-state index in [0.29, 0.717) is 11.5 Å². The lowest BCUT2D eigenvalue weighted by Gasteiger charge is -2.59. The van der Waals surface area contributed by atoms with Crippen molar-refractivity contribution in [3.8, 4) is 0 Å². The number of rotatable bonds is 5. The maximum atomic E-state index is 6.80. The Kier molecular flexibility index (Phi) is 3.79. The second kappa shape index (κ2) is 5.50. The molecule has 2 atom stereocenters. The van der Waals surface area contributed by atoms with Gasteiger partial charge in [-0.25, -0.2) is 0 Å². The quantitative estimate of drug-likeness (QED) is 0.846. The van der Waals surface area contributed by atoms with Crippen LogP contribution in [0.3, 0.4) is 0 Å². The molecule has 0 aromatic heterocycles. The molecule has 5 fully saturated rings. The molecule has 1 heterocycles. The van der Waals surface area contributed by atoms with Crippen molar-refractivity contribution >= 4 is 0 Å². The molecule has 0 radical (unpaired) electrons. The summed E-state index contributed by atoms with van der Waals surface area (Å²) in [6.45, 7) is 4.48. The van der Waals surface area contributed by atoms with Crippen LogP contribution in [0.5, 0.6) is 0 Å². The van der Waals surface area contributed by atoms with Crippen molar-refractivity contribution in [1.82, 2.24) is 4.90 Å². The van der Waals surface area contributed by atoms with Gasteiger partial charge < -0.3 is 15.4 Å². The molecule has 4 aliphatic carbocycles. The van der Waals surface area contributed by atoms with E-state index in [1.165, 1.54) is 58.0 Å². The molecule has 0 amide bonds. The van der Waals surface area contributed by atoms with Crippen LogP contribution in [0.2, 0.25) is 0 Å². The first-order valence-electron chi connectivity index (χ1n) is 9.14. The van der Waals surface area contributed by atoms with Crippen molar-refractivity contribution in [2.75, 3.05) is 33.4 Å².